The minimum Gasteiger partial charge on any atom is -0.360 e. The predicted octanol–water partition coefficient (Wildman–Crippen LogP) is 2.68. The van der Waals surface area contributed by atoms with E-state index >= 15 is 0 Å². The van der Waals surface area contributed by atoms with E-state index in [1.165, 1.54) is 11.2 Å². The number of aromatic nitrogens is 3. The number of rotatable bonds is 4. The third-order valence-corrected chi connectivity index (χ3v) is 4.70. The fourth-order valence-corrected chi connectivity index (χ4v) is 3.34. The lowest BCUT2D eigenvalue weighted by Crippen LogP contribution is -2.30. The summed E-state index contributed by atoms with van der Waals surface area (Å²) in [5.74, 6) is 1.63. The number of amides is 1. The van der Waals surface area contributed by atoms with Gasteiger partial charge in [0.05, 0.1) is 11.9 Å². The fraction of sp³-hybridized carbons (Fsp3) is 0.333. The summed E-state index contributed by atoms with van der Waals surface area (Å²) in [5.41, 5.74) is 1.15. The van der Waals surface area contributed by atoms with Crippen LogP contribution in [0, 0.1) is 20.8 Å². The third-order valence-electron chi connectivity index (χ3n) is 3.58. The van der Waals surface area contributed by atoms with Gasteiger partial charge in [0.25, 0.3) is 0 Å². The highest BCUT2D eigenvalue weighted by Crippen LogP contribution is 2.33. The Bertz CT molecular complexity index is 870. The van der Waals surface area contributed by atoms with Crippen LogP contribution < -0.4 is 10.2 Å². The van der Waals surface area contributed by atoms with Gasteiger partial charge >= 0.3 is 0 Å². The van der Waals surface area contributed by atoms with Crippen molar-refractivity contribution in [2.75, 3.05) is 23.8 Å². The van der Waals surface area contributed by atoms with Crippen LogP contribution in [0.5, 0.6) is 0 Å². The van der Waals surface area contributed by atoms with Crippen LogP contribution in [0.2, 0.25) is 0 Å². The third kappa shape index (κ3) is 3.02. The van der Waals surface area contributed by atoms with Gasteiger partial charge in [-0.3, -0.25) is 4.79 Å². The van der Waals surface area contributed by atoms with Crippen LogP contribution >= 0.6 is 11.3 Å². The molecule has 3 heterocycles. The number of carbonyl (C=O) groups is 1. The van der Waals surface area contributed by atoms with E-state index in [2.05, 4.69) is 27.4 Å². The van der Waals surface area contributed by atoms with Gasteiger partial charge in [-0.15, -0.1) is 11.3 Å². The number of hydrogen-bond acceptors (Lipinski definition) is 7. The highest BCUT2D eigenvalue weighted by Gasteiger charge is 2.17. The Balaban J connectivity index is 1.80. The molecule has 7 nitrogen and oxygen atoms in total. The van der Waals surface area contributed by atoms with E-state index in [-0.39, 0.29) is 12.5 Å². The zero-order valence-electron chi connectivity index (χ0n) is 13.4. The minimum atomic E-state index is -0.183. The van der Waals surface area contributed by atoms with Crippen molar-refractivity contribution in [2.24, 2.45) is 0 Å². The zero-order valence-corrected chi connectivity index (χ0v) is 14.2. The Labute approximate surface area is 137 Å². The van der Waals surface area contributed by atoms with Crippen molar-refractivity contribution in [3.05, 3.63) is 28.6 Å². The molecule has 3 rings (SSSR count). The summed E-state index contributed by atoms with van der Waals surface area (Å²) in [6, 6.07) is 1.67. The molecule has 0 atom stereocenters. The van der Waals surface area contributed by atoms with Gasteiger partial charge in [-0.1, -0.05) is 5.16 Å². The molecule has 0 radical (unpaired) electrons. The molecule has 0 bridgehead atoms. The molecule has 0 aliphatic carbocycles. The summed E-state index contributed by atoms with van der Waals surface area (Å²) >= 11 is 1.63. The molecule has 3 aromatic heterocycles. The van der Waals surface area contributed by atoms with Gasteiger partial charge in [0.15, 0.2) is 5.82 Å². The highest BCUT2D eigenvalue weighted by atomic mass is 32.1. The molecule has 23 heavy (non-hydrogen) atoms. The van der Waals surface area contributed by atoms with Crippen LogP contribution in [0.25, 0.3) is 10.2 Å². The molecule has 0 aliphatic rings. The Kier molecular flexibility index (Phi) is 3.99. The number of carbonyl (C=O) groups excluding carboxylic acids is 1. The van der Waals surface area contributed by atoms with Gasteiger partial charge in [-0.25, -0.2) is 9.97 Å². The van der Waals surface area contributed by atoms with Gasteiger partial charge in [0.1, 0.15) is 22.7 Å². The molecule has 120 valence electrons. The van der Waals surface area contributed by atoms with Crippen molar-refractivity contribution in [3.8, 4) is 0 Å². The SMILES string of the molecule is Cc1cc(NC(=O)CN(C)c2ncnc3sc(C)c(C)c23)no1. The van der Waals surface area contributed by atoms with Crippen molar-refractivity contribution in [3.63, 3.8) is 0 Å². The monoisotopic (exact) mass is 331 g/mol. The largest absolute Gasteiger partial charge is 0.360 e. The summed E-state index contributed by atoms with van der Waals surface area (Å²) in [5, 5.41) is 7.46. The molecular formula is C15H17N5O2S. The summed E-state index contributed by atoms with van der Waals surface area (Å²) in [6.45, 7) is 6.04. The first kappa shape index (κ1) is 15.4. The standard InChI is InChI=1S/C15H17N5O2S/c1-8-5-11(19-22-8)18-12(21)6-20(4)14-13-9(2)10(3)23-15(13)17-7-16-14/h5,7H,6H2,1-4H3,(H,18,19,21). The van der Waals surface area contributed by atoms with E-state index in [0.717, 1.165) is 21.6 Å². The molecule has 0 aliphatic heterocycles. The zero-order chi connectivity index (χ0) is 16.6. The van der Waals surface area contributed by atoms with Crippen molar-refractivity contribution < 1.29 is 9.32 Å². The smallest absolute Gasteiger partial charge is 0.245 e. The van der Waals surface area contributed by atoms with Crippen molar-refractivity contribution in [1.82, 2.24) is 15.1 Å². The summed E-state index contributed by atoms with van der Waals surface area (Å²) in [4.78, 5) is 24.8. The van der Waals surface area contributed by atoms with Gasteiger partial charge < -0.3 is 14.7 Å². The maximum absolute atomic E-state index is 12.2. The normalized spacial score (nSPS) is 11.0. The molecular weight excluding hydrogens is 314 g/mol. The van der Waals surface area contributed by atoms with Crippen LogP contribution in [-0.2, 0) is 4.79 Å². The van der Waals surface area contributed by atoms with Gasteiger partial charge in [0.2, 0.25) is 5.91 Å². The molecule has 1 N–H and O–H groups in total. The molecule has 0 fully saturated rings. The van der Waals surface area contributed by atoms with E-state index in [4.69, 9.17) is 4.52 Å². The van der Waals surface area contributed by atoms with Gasteiger partial charge in [-0.05, 0) is 26.3 Å². The van der Waals surface area contributed by atoms with Crippen LogP contribution in [0.4, 0.5) is 11.6 Å². The molecule has 0 aromatic carbocycles. The Hall–Kier alpha value is -2.48. The van der Waals surface area contributed by atoms with Crippen LogP contribution in [0.1, 0.15) is 16.2 Å². The molecule has 1 amide bonds. The first-order valence-electron chi connectivity index (χ1n) is 7.10. The number of anilines is 2. The summed E-state index contributed by atoms with van der Waals surface area (Å²) in [7, 11) is 1.84. The number of nitrogens with zero attached hydrogens (tertiary/aromatic N) is 4. The average molecular weight is 331 g/mol. The average Bonchev–Trinajstić information content (AvgIpc) is 3.02. The lowest BCUT2D eigenvalue weighted by atomic mass is 10.2. The molecule has 0 saturated carbocycles. The second-order valence-electron chi connectivity index (χ2n) is 5.39. The lowest BCUT2D eigenvalue weighted by molar-refractivity contribution is -0.115. The van der Waals surface area contributed by atoms with E-state index in [1.807, 2.05) is 18.9 Å². The van der Waals surface area contributed by atoms with Crippen molar-refractivity contribution in [2.45, 2.75) is 20.8 Å². The minimum absolute atomic E-state index is 0.159. The maximum Gasteiger partial charge on any atom is 0.245 e. The van der Waals surface area contributed by atoms with E-state index in [9.17, 15) is 4.79 Å². The van der Waals surface area contributed by atoms with Gasteiger partial charge in [0, 0.05) is 18.0 Å². The number of nitrogens with one attached hydrogen (secondary N) is 1. The first-order chi connectivity index (χ1) is 11.0. The second kappa shape index (κ2) is 5.96. The summed E-state index contributed by atoms with van der Waals surface area (Å²) < 4.78 is 4.93. The Morgan fingerprint density at radius 2 is 2.13 bits per heavy atom. The van der Waals surface area contributed by atoms with Crippen LogP contribution in [0.15, 0.2) is 16.9 Å². The van der Waals surface area contributed by atoms with Crippen molar-refractivity contribution >= 4 is 39.1 Å². The topological polar surface area (TPSA) is 84.2 Å². The Morgan fingerprint density at radius 3 is 2.83 bits per heavy atom. The number of thiophene rings is 1. The Morgan fingerprint density at radius 1 is 1.35 bits per heavy atom. The first-order valence-corrected chi connectivity index (χ1v) is 7.92. The fourth-order valence-electron chi connectivity index (χ4n) is 2.35. The predicted molar refractivity (Wildman–Crippen MR) is 90.0 cm³/mol. The lowest BCUT2D eigenvalue weighted by Gasteiger charge is -2.18. The second-order valence-corrected chi connectivity index (χ2v) is 6.59. The van der Waals surface area contributed by atoms with Gasteiger partial charge in [-0.2, -0.15) is 0 Å². The molecule has 8 heteroatoms. The van der Waals surface area contributed by atoms with E-state index in [1.54, 1.807) is 24.3 Å². The molecule has 0 unspecified atom stereocenters. The van der Waals surface area contributed by atoms with E-state index < -0.39 is 0 Å². The molecule has 0 saturated heterocycles. The van der Waals surface area contributed by atoms with Crippen LogP contribution in [-0.4, -0.2) is 34.6 Å². The van der Waals surface area contributed by atoms with Crippen molar-refractivity contribution in [1.29, 1.82) is 0 Å². The number of fused-ring (bicyclic) bond motifs is 1. The molecule has 3 aromatic rings. The number of likely N-dealkylation sites (N-methyl/N-ethyl adjacent to an activating group) is 1. The number of hydrogen-bond donors (Lipinski definition) is 1. The maximum atomic E-state index is 12.2. The van der Waals surface area contributed by atoms with Crippen LogP contribution in [0.3, 0.4) is 0 Å². The van der Waals surface area contributed by atoms with E-state index in [0.29, 0.717) is 11.6 Å². The highest BCUT2D eigenvalue weighted by molar-refractivity contribution is 7.18. The summed E-state index contributed by atoms with van der Waals surface area (Å²) in [6.07, 6.45) is 1.53. The number of aryl methyl sites for hydroxylation is 3. The molecule has 0 spiro atoms. The quantitative estimate of drug-likeness (QED) is 0.791.